The van der Waals surface area contributed by atoms with Gasteiger partial charge in [-0.25, -0.2) is 9.97 Å². The van der Waals surface area contributed by atoms with Crippen molar-refractivity contribution in [3.05, 3.63) is 62.1 Å². The van der Waals surface area contributed by atoms with Crippen molar-refractivity contribution in [3.8, 4) is 11.3 Å². The van der Waals surface area contributed by atoms with Crippen molar-refractivity contribution < 1.29 is 4.79 Å². The van der Waals surface area contributed by atoms with Gasteiger partial charge in [0.1, 0.15) is 11.5 Å². The van der Waals surface area contributed by atoms with Crippen molar-refractivity contribution >= 4 is 50.1 Å². The summed E-state index contributed by atoms with van der Waals surface area (Å²) >= 11 is 6.22. The second-order valence-corrected chi connectivity index (χ2v) is 7.65. The Morgan fingerprint density at radius 1 is 1.32 bits per heavy atom. The van der Waals surface area contributed by atoms with E-state index in [0.29, 0.717) is 16.7 Å². The zero-order chi connectivity index (χ0) is 17.8. The van der Waals surface area contributed by atoms with E-state index in [4.69, 9.17) is 0 Å². The summed E-state index contributed by atoms with van der Waals surface area (Å²) in [5, 5.41) is 5.01. The number of hydrogen-bond donors (Lipinski definition) is 2. The number of aromatic amines is 1. The molecule has 3 aromatic rings. The molecule has 3 rings (SSSR count). The highest BCUT2D eigenvalue weighted by molar-refractivity contribution is 9.10. The number of rotatable bonds is 5. The Labute approximate surface area is 160 Å². The molecule has 9 heteroatoms. The van der Waals surface area contributed by atoms with Crippen LogP contribution in [0.3, 0.4) is 0 Å². The summed E-state index contributed by atoms with van der Waals surface area (Å²) in [4.78, 5) is 35.2. The summed E-state index contributed by atoms with van der Waals surface area (Å²) in [7, 11) is 0. The Morgan fingerprint density at radius 3 is 2.80 bits per heavy atom. The second-order valence-electron chi connectivity index (χ2n) is 5.01. The van der Waals surface area contributed by atoms with E-state index in [1.807, 2.05) is 35.9 Å². The number of halogens is 1. The number of carbonyl (C=O) groups is 1. The number of anilines is 1. The van der Waals surface area contributed by atoms with Crippen molar-refractivity contribution in [1.82, 2.24) is 15.0 Å². The van der Waals surface area contributed by atoms with Crippen molar-refractivity contribution in [1.29, 1.82) is 0 Å². The molecular weight excluding hydrogens is 424 g/mol. The standard InChI is InChI=1S/C16H13BrN4O2S2/c1-24-8-13-18-11(6-14(22)20-13)15(23)21-16-19-12(7-25-16)9-2-4-10(17)5-3-9/h2-7H,8H2,1H3,(H,18,20,22)(H,19,21,23). The number of carbonyl (C=O) groups excluding carboxylic acids is 1. The number of thioether (sulfide) groups is 1. The van der Waals surface area contributed by atoms with Gasteiger partial charge in [0.15, 0.2) is 5.13 Å². The van der Waals surface area contributed by atoms with E-state index in [9.17, 15) is 9.59 Å². The first-order valence-electron chi connectivity index (χ1n) is 7.17. The van der Waals surface area contributed by atoms with Crippen LogP contribution in [0.2, 0.25) is 0 Å². The average molecular weight is 437 g/mol. The van der Waals surface area contributed by atoms with Gasteiger partial charge in [0.2, 0.25) is 0 Å². The third-order valence-electron chi connectivity index (χ3n) is 3.17. The summed E-state index contributed by atoms with van der Waals surface area (Å²) in [6, 6.07) is 8.93. The number of amides is 1. The summed E-state index contributed by atoms with van der Waals surface area (Å²) < 4.78 is 0.987. The predicted octanol–water partition coefficient (Wildman–Crippen LogP) is 3.77. The lowest BCUT2D eigenvalue weighted by molar-refractivity contribution is 0.102. The molecular formula is C16H13BrN4O2S2. The first kappa shape index (κ1) is 17.8. The van der Waals surface area contributed by atoms with Gasteiger partial charge in [-0.2, -0.15) is 11.8 Å². The van der Waals surface area contributed by atoms with Gasteiger partial charge in [-0.05, 0) is 18.4 Å². The Balaban J connectivity index is 1.78. The van der Waals surface area contributed by atoms with Crippen LogP contribution in [-0.4, -0.2) is 27.1 Å². The molecule has 6 nitrogen and oxygen atoms in total. The van der Waals surface area contributed by atoms with Crippen LogP contribution < -0.4 is 10.9 Å². The molecule has 0 saturated carbocycles. The lowest BCUT2D eigenvalue weighted by Crippen LogP contribution is -2.20. The van der Waals surface area contributed by atoms with Gasteiger partial charge in [-0.3, -0.25) is 14.9 Å². The molecule has 0 aliphatic carbocycles. The van der Waals surface area contributed by atoms with Crippen molar-refractivity contribution in [2.75, 3.05) is 11.6 Å². The monoisotopic (exact) mass is 436 g/mol. The fourth-order valence-electron chi connectivity index (χ4n) is 2.08. The van der Waals surface area contributed by atoms with Crippen LogP contribution in [0.4, 0.5) is 5.13 Å². The lowest BCUT2D eigenvalue weighted by Gasteiger charge is -2.03. The van der Waals surface area contributed by atoms with Gasteiger partial charge in [0, 0.05) is 21.5 Å². The average Bonchev–Trinajstić information content (AvgIpc) is 3.03. The largest absolute Gasteiger partial charge is 0.310 e. The van der Waals surface area contributed by atoms with Crippen molar-refractivity contribution in [2.45, 2.75) is 5.75 Å². The first-order valence-corrected chi connectivity index (χ1v) is 10.2. The number of hydrogen-bond acceptors (Lipinski definition) is 6. The molecule has 0 aliphatic heterocycles. The van der Waals surface area contributed by atoms with Gasteiger partial charge in [-0.15, -0.1) is 11.3 Å². The van der Waals surface area contributed by atoms with Gasteiger partial charge >= 0.3 is 0 Å². The number of aromatic nitrogens is 3. The molecule has 0 fully saturated rings. The number of nitrogens with zero attached hydrogens (tertiary/aromatic N) is 2. The molecule has 128 valence electrons. The summed E-state index contributed by atoms with van der Waals surface area (Å²) in [5.41, 5.74) is 1.46. The van der Waals surface area contributed by atoms with Crippen molar-refractivity contribution in [2.24, 2.45) is 0 Å². The topological polar surface area (TPSA) is 87.7 Å². The zero-order valence-electron chi connectivity index (χ0n) is 13.1. The highest BCUT2D eigenvalue weighted by Gasteiger charge is 2.13. The fourth-order valence-corrected chi connectivity index (χ4v) is 3.46. The molecule has 0 bridgehead atoms. The molecule has 2 N–H and O–H groups in total. The molecule has 25 heavy (non-hydrogen) atoms. The Morgan fingerprint density at radius 2 is 2.08 bits per heavy atom. The van der Waals surface area contributed by atoms with E-state index in [-0.39, 0.29) is 11.3 Å². The van der Waals surface area contributed by atoms with Crippen LogP contribution in [-0.2, 0) is 5.75 Å². The molecule has 0 saturated heterocycles. The zero-order valence-corrected chi connectivity index (χ0v) is 16.3. The summed E-state index contributed by atoms with van der Waals surface area (Å²) in [6.07, 6.45) is 1.89. The molecule has 0 radical (unpaired) electrons. The molecule has 0 spiro atoms. The van der Waals surface area contributed by atoms with Crippen LogP contribution >= 0.6 is 39.0 Å². The number of H-pyrrole nitrogens is 1. The second kappa shape index (κ2) is 7.94. The maximum absolute atomic E-state index is 12.3. The molecule has 0 aliphatic rings. The van der Waals surface area contributed by atoms with Crippen molar-refractivity contribution in [3.63, 3.8) is 0 Å². The maximum atomic E-state index is 12.3. The van der Waals surface area contributed by atoms with Crippen LogP contribution in [0.25, 0.3) is 11.3 Å². The Bertz CT molecular complexity index is 953. The third kappa shape index (κ3) is 4.56. The minimum absolute atomic E-state index is 0.0770. The quantitative estimate of drug-likeness (QED) is 0.635. The summed E-state index contributed by atoms with van der Waals surface area (Å²) in [6.45, 7) is 0. The third-order valence-corrected chi connectivity index (χ3v) is 5.02. The van der Waals surface area contributed by atoms with E-state index in [0.717, 1.165) is 15.7 Å². The molecule has 1 amide bonds. The van der Waals surface area contributed by atoms with E-state index >= 15 is 0 Å². The Kier molecular flexibility index (Phi) is 5.67. The smallest absolute Gasteiger partial charge is 0.276 e. The lowest BCUT2D eigenvalue weighted by atomic mass is 10.2. The fraction of sp³-hybridized carbons (Fsp3) is 0.125. The van der Waals surface area contributed by atoms with Crippen LogP contribution in [0.1, 0.15) is 16.3 Å². The highest BCUT2D eigenvalue weighted by atomic mass is 79.9. The molecule has 1 aromatic carbocycles. The Hall–Kier alpha value is -1.97. The molecule has 0 unspecified atom stereocenters. The van der Waals surface area contributed by atoms with E-state index in [1.54, 1.807) is 0 Å². The van der Waals surface area contributed by atoms with E-state index in [2.05, 4.69) is 36.2 Å². The number of benzene rings is 1. The maximum Gasteiger partial charge on any atom is 0.276 e. The van der Waals surface area contributed by atoms with E-state index in [1.165, 1.54) is 29.2 Å². The minimum Gasteiger partial charge on any atom is -0.310 e. The van der Waals surface area contributed by atoms with Gasteiger partial charge in [-0.1, -0.05) is 28.1 Å². The van der Waals surface area contributed by atoms with Crippen LogP contribution in [0.15, 0.2) is 45.0 Å². The van der Waals surface area contributed by atoms with Crippen LogP contribution in [0.5, 0.6) is 0 Å². The molecule has 0 atom stereocenters. The van der Waals surface area contributed by atoms with Crippen LogP contribution in [0, 0.1) is 0 Å². The SMILES string of the molecule is CSCc1nc(C(=O)Nc2nc(-c3ccc(Br)cc3)cs2)cc(=O)[nH]1. The normalized spacial score (nSPS) is 10.6. The molecule has 2 heterocycles. The number of thiazole rings is 1. The van der Waals surface area contributed by atoms with Gasteiger partial charge < -0.3 is 4.98 Å². The minimum atomic E-state index is -0.454. The summed E-state index contributed by atoms with van der Waals surface area (Å²) in [5.74, 6) is 0.548. The van der Waals surface area contributed by atoms with Gasteiger partial charge in [0.05, 0.1) is 11.4 Å². The predicted molar refractivity (Wildman–Crippen MR) is 105 cm³/mol. The first-order chi connectivity index (χ1) is 12.0. The highest BCUT2D eigenvalue weighted by Crippen LogP contribution is 2.26. The van der Waals surface area contributed by atoms with Gasteiger partial charge in [0.25, 0.3) is 11.5 Å². The van der Waals surface area contributed by atoms with E-state index < -0.39 is 5.91 Å². The number of nitrogens with one attached hydrogen (secondary N) is 2. The molecule has 2 aromatic heterocycles.